The molecule has 0 aliphatic rings. The van der Waals surface area contributed by atoms with Gasteiger partial charge in [0.1, 0.15) is 5.75 Å². The van der Waals surface area contributed by atoms with Gasteiger partial charge in [-0.2, -0.15) is 0 Å². The molecule has 0 saturated carbocycles. The zero-order valence-electron chi connectivity index (χ0n) is 12.9. The lowest BCUT2D eigenvalue weighted by atomic mass is 9.90. The second-order valence-corrected chi connectivity index (χ2v) is 7.55. The lowest BCUT2D eigenvalue weighted by Crippen LogP contribution is -2.34. The average molecular weight is 315 g/mol. The molecule has 5 nitrogen and oxygen atoms in total. The van der Waals surface area contributed by atoms with Crippen molar-refractivity contribution in [3.05, 3.63) is 24.3 Å². The predicted molar refractivity (Wildman–Crippen MR) is 82.9 cm³/mol. The number of aliphatic hydroxyl groups excluding tert-OH is 1. The van der Waals surface area contributed by atoms with Crippen LogP contribution < -0.4 is 9.46 Å². The Morgan fingerprint density at radius 1 is 1.24 bits per heavy atom. The van der Waals surface area contributed by atoms with E-state index < -0.39 is 10.0 Å². The number of hydrogen-bond donors (Lipinski definition) is 2. The SMILES string of the molecule is CCCOc1ccc(S(=O)(=O)NCC(C)(C)CCO)cc1. The van der Waals surface area contributed by atoms with E-state index in [1.165, 1.54) is 12.1 Å². The standard InChI is InChI=1S/C15H25NO4S/c1-4-11-20-13-5-7-14(8-6-13)21(18,19)16-12-15(2,3)9-10-17/h5-8,16-17H,4,9-12H2,1-3H3. The summed E-state index contributed by atoms with van der Waals surface area (Å²) in [7, 11) is -3.54. The van der Waals surface area contributed by atoms with Crippen molar-refractivity contribution in [2.24, 2.45) is 5.41 Å². The number of rotatable bonds is 9. The molecule has 21 heavy (non-hydrogen) atoms. The normalized spacial score (nSPS) is 12.4. The molecule has 0 saturated heterocycles. The molecule has 0 aliphatic carbocycles. The van der Waals surface area contributed by atoms with E-state index >= 15 is 0 Å². The first kappa shape index (κ1) is 17.9. The number of sulfonamides is 1. The molecule has 0 fully saturated rings. The van der Waals surface area contributed by atoms with Crippen LogP contribution in [0.25, 0.3) is 0 Å². The summed E-state index contributed by atoms with van der Waals surface area (Å²) in [5.41, 5.74) is -0.286. The maximum atomic E-state index is 12.2. The minimum atomic E-state index is -3.54. The smallest absolute Gasteiger partial charge is 0.240 e. The van der Waals surface area contributed by atoms with E-state index in [4.69, 9.17) is 9.84 Å². The number of benzene rings is 1. The van der Waals surface area contributed by atoms with Crippen LogP contribution in [0.3, 0.4) is 0 Å². The molecule has 1 aromatic rings. The second-order valence-electron chi connectivity index (χ2n) is 5.78. The highest BCUT2D eigenvalue weighted by atomic mass is 32.2. The highest BCUT2D eigenvalue weighted by Gasteiger charge is 2.21. The van der Waals surface area contributed by atoms with Crippen LogP contribution in [0.5, 0.6) is 5.75 Å². The molecule has 1 aromatic carbocycles. The Labute approximate surface area is 127 Å². The highest BCUT2D eigenvalue weighted by molar-refractivity contribution is 7.89. The fourth-order valence-corrected chi connectivity index (χ4v) is 2.94. The van der Waals surface area contributed by atoms with Gasteiger partial charge in [0.2, 0.25) is 10.0 Å². The topological polar surface area (TPSA) is 75.6 Å². The van der Waals surface area contributed by atoms with Crippen molar-refractivity contribution >= 4 is 10.0 Å². The monoisotopic (exact) mass is 315 g/mol. The summed E-state index contributed by atoms with van der Waals surface area (Å²) in [5.74, 6) is 0.663. The van der Waals surface area contributed by atoms with E-state index in [0.717, 1.165) is 6.42 Å². The van der Waals surface area contributed by atoms with Crippen LogP contribution >= 0.6 is 0 Å². The van der Waals surface area contributed by atoms with Gasteiger partial charge in [-0.25, -0.2) is 13.1 Å². The molecule has 1 rings (SSSR count). The van der Waals surface area contributed by atoms with E-state index in [9.17, 15) is 8.42 Å². The third kappa shape index (κ3) is 6.03. The summed E-state index contributed by atoms with van der Waals surface area (Å²) >= 11 is 0. The van der Waals surface area contributed by atoms with E-state index in [1.807, 2.05) is 20.8 Å². The molecular formula is C15H25NO4S. The lowest BCUT2D eigenvalue weighted by molar-refractivity contribution is 0.213. The number of hydrogen-bond acceptors (Lipinski definition) is 4. The number of ether oxygens (including phenoxy) is 1. The molecule has 120 valence electrons. The molecule has 0 unspecified atom stereocenters. The molecule has 0 spiro atoms. The Balaban J connectivity index is 2.70. The molecule has 2 N–H and O–H groups in total. The van der Waals surface area contributed by atoms with Crippen LogP contribution in [0.4, 0.5) is 0 Å². The second kappa shape index (κ2) is 7.77. The molecule has 0 bridgehead atoms. The van der Waals surface area contributed by atoms with Gasteiger partial charge in [0, 0.05) is 13.2 Å². The molecule has 0 amide bonds. The maximum Gasteiger partial charge on any atom is 0.240 e. The third-order valence-corrected chi connectivity index (χ3v) is 4.55. The van der Waals surface area contributed by atoms with Crippen LogP contribution in [0.15, 0.2) is 29.2 Å². The van der Waals surface area contributed by atoms with Crippen molar-refractivity contribution in [2.75, 3.05) is 19.8 Å². The van der Waals surface area contributed by atoms with Crippen molar-refractivity contribution in [3.63, 3.8) is 0 Å². The Hall–Kier alpha value is -1.11. The third-order valence-electron chi connectivity index (χ3n) is 3.14. The van der Waals surface area contributed by atoms with Gasteiger partial charge >= 0.3 is 0 Å². The predicted octanol–water partition coefficient (Wildman–Crippen LogP) is 2.16. The Bertz CT molecular complexity index is 523. The summed E-state index contributed by atoms with van der Waals surface area (Å²) in [5, 5.41) is 8.96. The van der Waals surface area contributed by atoms with Gasteiger partial charge in [-0.15, -0.1) is 0 Å². The van der Waals surface area contributed by atoms with E-state index in [0.29, 0.717) is 18.8 Å². The fourth-order valence-electron chi connectivity index (χ4n) is 1.70. The van der Waals surface area contributed by atoms with Gasteiger partial charge < -0.3 is 9.84 Å². The number of aliphatic hydroxyl groups is 1. The van der Waals surface area contributed by atoms with E-state index in [1.54, 1.807) is 12.1 Å². The van der Waals surface area contributed by atoms with Crippen LogP contribution in [0, 0.1) is 5.41 Å². The van der Waals surface area contributed by atoms with Crippen molar-refractivity contribution in [2.45, 2.75) is 38.5 Å². The number of nitrogens with one attached hydrogen (secondary N) is 1. The molecule has 0 radical (unpaired) electrons. The summed E-state index contributed by atoms with van der Waals surface area (Å²) in [6, 6.07) is 6.38. The molecule has 6 heteroatoms. The Morgan fingerprint density at radius 3 is 2.38 bits per heavy atom. The van der Waals surface area contributed by atoms with E-state index in [-0.39, 0.29) is 23.5 Å². The van der Waals surface area contributed by atoms with Gasteiger partial charge in [0.05, 0.1) is 11.5 Å². The van der Waals surface area contributed by atoms with Crippen molar-refractivity contribution < 1.29 is 18.3 Å². The van der Waals surface area contributed by atoms with E-state index in [2.05, 4.69) is 4.72 Å². The first-order chi connectivity index (χ1) is 9.80. The average Bonchev–Trinajstić information content (AvgIpc) is 2.44. The van der Waals surface area contributed by atoms with Gasteiger partial charge in [-0.1, -0.05) is 20.8 Å². The van der Waals surface area contributed by atoms with Crippen molar-refractivity contribution in [3.8, 4) is 5.75 Å². The zero-order chi connectivity index (χ0) is 15.9. The maximum absolute atomic E-state index is 12.2. The molecule has 0 atom stereocenters. The van der Waals surface area contributed by atoms with Crippen LogP contribution in [-0.2, 0) is 10.0 Å². The van der Waals surface area contributed by atoms with Crippen LogP contribution in [-0.4, -0.2) is 33.3 Å². The Kier molecular flexibility index (Phi) is 6.64. The molecule has 0 heterocycles. The van der Waals surface area contributed by atoms with Gasteiger partial charge in [-0.05, 0) is 42.5 Å². The molecular weight excluding hydrogens is 290 g/mol. The zero-order valence-corrected chi connectivity index (χ0v) is 13.7. The Morgan fingerprint density at radius 2 is 1.86 bits per heavy atom. The largest absolute Gasteiger partial charge is 0.494 e. The summed E-state index contributed by atoms with van der Waals surface area (Å²) < 4.78 is 32.4. The summed E-state index contributed by atoms with van der Waals surface area (Å²) in [6.07, 6.45) is 1.45. The molecule has 0 aromatic heterocycles. The van der Waals surface area contributed by atoms with Gasteiger partial charge in [0.15, 0.2) is 0 Å². The van der Waals surface area contributed by atoms with Gasteiger partial charge in [-0.3, -0.25) is 0 Å². The van der Waals surface area contributed by atoms with Crippen molar-refractivity contribution in [1.82, 2.24) is 4.72 Å². The van der Waals surface area contributed by atoms with Crippen molar-refractivity contribution in [1.29, 1.82) is 0 Å². The highest BCUT2D eigenvalue weighted by Crippen LogP contribution is 2.20. The minimum Gasteiger partial charge on any atom is -0.494 e. The summed E-state index contributed by atoms with van der Waals surface area (Å²) in [4.78, 5) is 0.214. The van der Waals surface area contributed by atoms with Crippen LogP contribution in [0.1, 0.15) is 33.6 Å². The first-order valence-corrected chi connectivity index (χ1v) is 8.62. The lowest BCUT2D eigenvalue weighted by Gasteiger charge is -2.23. The van der Waals surface area contributed by atoms with Crippen LogP contribution in [0.2, 0.25) is 0 Å². The summed E-state index contributed by atoms with van der Waals surface area (Å²) in [6.45, 7) is 6.76. The quantitative estimate of drug-likeness (QED) is 0.732. The fraction of sp³-hybridized carbons (Fsp3) is 0.600. The molecule has 0 aliphatic heterocycles. The van der Waals surface area contributed by atoms with Gasteiger partial charge in [0.25, 0.3) is 0 Å². The first-order valence-electron chi connectivity index (χ1n) is 7.14. The minimum absolute atomic E-state index is 0.0399.